The maximum atomic E-state index is 13.5. The summed E-state index contributed by atoms with van der Waals surface area (Å²) in [4.78, 5) is 18.9. The number of carbonyl (C=O) groups excluding carboxylic acids is 1. The van der Waals surface area contributed by atoms with Gasteiger partial charge in [0, 0.05) is 12.5 Å². The minimum absolute atomic E-state index is 0.167. The predicted octanol–water partition coefficient (Wildman–Crippen LogP) is 2.49. The molecule has 0 fully saturated rings. The van der Waals surface area contributed by atoms with Crippen LogP contribution >= 0.6 is 0 Å². The summed E-state index contributed by atoms with van der Waals surface area (Å²) >= 11 is 0. The van der Waals surface area contributed by atoms with Gasteiger partial charge in [-0.05, 0) is 18.2 Å². The second-order valence-corrected chi connectivity index (χ2v) is 3.32. The summed E-state index contributed by atoms with van der Waals surface area (Å²) in [7, 11) is 0. The summed E-state index contributed by atoms with van der Waals surface area (Å²) in [5.74, 6) is -0.532. The van der Waals surface area contributed by atoms with E-state index in [2.05, 4.69) is 9.97 Å². The van der Waals surface area contributed by atoms with Gasteiger partial charge in [-0.15, -0.1) is 0 Å². The first-order valence-electron chi connectivity index (χ1n) is 4.76. The van der Waals surface area contributed by atoms with E-state index in [-0.39, 0.29) is 17.3 Å². The second kappa shape index (κ2) is 4.18. The monoisotopic (exact) mass is 216 g/mol. The van der Waals surface area contributed by atoms with Crippen LogP contribution in [0.2, 0.25) is 0 Å². The van der Waals surface area contributed by atoms with Crippen LogP contribution in [0.5, 0.6) is 0 Å². The van der Waals surface area contributed by atoms with Crippen LogP contribution in [0.1, 0.15) is 17.4 Å². The second-order valence-electron chi connectivity index (χ2n) is 3.32. The fourth-order valence-electron chi connectivity index (χ4n) is 1.37. The number of nitrogens with zero attached hydrogens (tertiary/aromatic N) is 2. The van der Waals surface area contributed by atoms with Crippen molar-refractivity contribution in [1.29, 1.82) is 0 Å². The van der Waals surface area contributed by atoms with Crippen molar-refractivity contribution in [3.63, 3.8) is 0 Å². The Labute approximate surface area is 92.0 Å². The Kier molecular flexibility index (Phi) is 2.72. The summed E-state index contributed by atoms with van der Waals surface area (Å²) in [6.07, 6.45) is 1.26. The minimum atomic E-state index is -0.365. The molecule has 3 nitrogen and oxygen atoms in total. The molecule has 0 saturated heterocycles. The maximum Gasteiger partial charge on any atom is 0.178 e. The number of halogens is 1. The van der Waals surface area contributed by atoms with Crippen molar-refractivity contribution in [3.8, 4) is 11.3 Å². The molecule has 1 aromatic heterocycles. The van der Waals surface area contributed by atoms with Gasteiger partial charge in [0.1, 0.15) is 17.8 Å². The number of hydrogen-bond donors (Lipinski definition) is 0. The van der Waals surface area contributed by atoms with Crippen molar-refractivity contribution >= 4 is 5.78 Å². The average Bonchev–Trinajstić information content (AvgIpc) is 2.30. The lowest BCUT2D eigenvalue weighted by Gasteiger charge is -2.02. The largest absolute Gasteiger partial charge is 0.293 e. The van der Waals surface area contributed by atoms with Crippen LogP contribution in [-0.4, -0.2) is 15.8 Å². The van der Waals surface area contributed by atoms with E-state index >= 15 is 0 Å². The highest BCUT2D eigenvalue weighted by molar-refractivity contribution is 5.92. The first-order chi connectivity index (χ1) is 7.68. The van der Waals surface area contributed by atoms with Gasteiger partial charge in [-0.25, -0.2) is 14.4 Å². The summed E-state index contributed by atoms with van der Waals surface area (Å²) < 4.78 is 13.5. The van der Waals surface area contributed by atoms with Gasteiger partial charge in [0.05, 0.1) is 5.69 Å². The zero-order valence-corrected chi connectivity index (χ0v) is 8.64. The lowest BCUT2D eigenvalue weighted by atomic mass is 10.1. The summed E-state index contributed by atoms with van der Waals surface area (Å²) in [5, 5.41) is 0. The van der Waals surface area contributed by atoms with E-state index in [0.717, 1.165) is 0 Å². The Morgan fingerprint density at radius 3 is 2.69 bits per heavy atom. The lowest BCUT2D eigenvalue weighted by Crippen LogP contribution is -1.98. The minimum Gasteiger partial charge on any atom is -0.293 e. The quantitative estimate of drug-likeness (QED) is 0.724. The van der Waals surface area contributed by atoms with Gasteiger partial charge in [0.2, 0.25) is 0 Å². The normalized spacial score (nSPS) is 10.1. The van der Waals surface area contributed by atoms with Gasteiger partial charge < -0.3 is 0 Å². The Bertz CT molecular complexity index is 540. The molecule has 0 aliphatic carbocycles. The smallest absolute Gasteiger partial charge is 0.178 e. The number of hydrogen-bond acceptors (Lipinski definition) is 3. The van der Waals surface area contributed by atoms with E-state index in [9.17, 15) is 9.18 Å². The highest BCUT2D eigenvalue weighted by Crippen LogP contribution is 2.20. The van der Waals surface area contributed by atoms with Gasteiger partial charge in [0.15, 0.2) is 5.78 Å². The molecule has 0 unspecified atom stereocenters. The SMILES string of the molecule is CC(=O)c1cc(-c2ccccc2F)ncn1. The van der Waals surface area contributed by atoms with Crippen molar-refractivity contribution in [2.75, 3.05) is 0 Å². The Morgan fingerprint density at radius 1 is 1.25 bits per heavy atom. The number of rotatable bonds is 2. The molecule has 2 aromatic rings. The number of carbonyl (C=O) groups is 1. The van der Waals surface area contributed by atoms with Gasteiger partial charge in [-0.2, -0.15) is 0 Å². The van der Waals surface area contributed by atoms with Gasteiger partial charge >= 0.3 is 0 Å². The van der Waals surface area contributed by atoms with Crippen LogP contribution in [0.4, 0.5) is 4.39 Å². The highest BCUT2D eigenvalue weighted by Gasteiger charge is 2.08. The summed E-state index contributed by atoms with van der Waals surface area (Å²) in [5.41, 5.74) is 1.07. The van der Waals surface area contributed by atoms with Gasteiger partial charge in [-0.3, -0.25) is 4.79 Å². The maximum absolute atomic E-state index is 13.5. The van der Waals surface area contributed by atoms with Crippen molar-refractivity contribution < 1.29 is 9.18 Å². The van der Waals surface area contributed by atoms with Crippen LogP contribution in [0, 0.1) is 5.82 Å². The number of ketones is 1. The van der Waals surface area contributed by atoms with E-state index in [1.54, 1.807) is 18.2 Å². The Balaban J connectivity index is 2.53. The van der Waals surface area contributed by atoms with Crippen molar-refractivity contribution in [3.05, 3.63) is 48.2 Å². The van der Waals surface area contributed by atoms with E-state index in [4.69, 9.17) is 0 Å². The molecular weight excluding hydrogens is 207 g/mol. The zero-order valence-electron chi connectivity index (χ0n) is 8.64. The molecule has 0 bridgehead atoms. The fourth-order valence-corrected chi connectivity index (χ4v) is 1.37. The third-order valence-corrected chi connectivity index (χ3v) is 2.18. The molecule has 1 heterocycles. The molecule has 0 spiro atoms. The van der Waals surface area contributed by atoms with Crippen LogP contribution in [0.15, 0.2) is 36.7 Å². The van der Waals surface area contributed by atoms with Crippen LogP contribution in [-0.2, 0) is 0 Å². The molecule has 0 atom stereocenters. The van der Waals surface area contributed by atoms with Gasteiger partial charge in [0.25, 0.3) is 0 Å². The average molecular weight is 216 g/mol. The van der Waals surface area contributed by atoms with Crippen LogP contribution < -0.4 is 0 Å². The van der Waals surface area contributed by atoms with Crippen LogP contribution in [0.25, 0.3) is 11.3 Å². The van der Waals surface area contributed by atoms with E-state index in [0.29, 0.717) is 11.3 Å². The fraction of sp³-hybridized carbons (Fsp3) is 0.0833. The highest BCUT2D eigenvalue weighted by atomic mass is 19.1. The Morgan fingerprint density at radius 2 is 2.00 bits per heavy atom. The molecule has 4 heteroatoms. The van der Waals surface area contributed by atoms with E-state index in [1.165, 1.54) is 25.4 Å². The van der Waals surface area contributed by atoms with Gasteiger partial charge in [-0.1, -0.05) is 12.1 Å². The summed E-state index contributed by atoms with van der Waals surface area (Å²) in [6.45, 7) is 1.41. The van der Waals surface area contributed by atoms with E-state index < -0.39 is 0 Å². The topological polar surface area (TPSA) is 42.9 Å². The van der Waals surface area contributed by atoms with Crippen molar-refractivity contribution in [2.45, 2.75) is 6.92 Å². The molecule has 0 saturated carbocycles. The predicted molar refractivity (Wildman–Crippen MR) is 57.4 cm³/mol. The third kappa shape index (κ3) is 1.95. The number of Topliss-reactive ketones (excluding diaryl/α,β-unsaturated/α-hetero) is 1. The van der Waals surface area contributed by atoms with Crippen LogP contribution in [0.3, 0.4) is 0 Å². The number of aromatic nitrogens is 2. The first kappa shape index (κ1) is 10.4. The lowest BCUT2D eigenvalue weighted by molar-refractivity contribution is 0.101. The molecule has 0 aliphatic rings. The molecule has 2 rings (SSSR count). The Hall–Kier alpha value is -2.10. The number of benzene rings is 1. The molecule has 16 heavy (non-hydrogen) atoms. The molecule has 1 aromatic carbocycles. The zero-order chi connectivity index (χ0) is 11.5. The molecule has 0 aliphatic heterocycles. The molecule has 0 radical (unpaired) electrons. The standard InChI is InChI=1S/C12H9FN2O/c1-8(16)11-6-12(15-7-14-11)9-4-2-3-5-10(9)13/h2-7H,1H3. The first-order valence-corrected chi connectivity index (χ1v) is 4.76. The molecule has 0 amide bonds. The molecule has 0 N–H and O–H groups in total. The summed E-state index contributed by atoms with van der Waals surface area (Å²) in [6, 6.07) is 7.77. The molecular formula is C12H9FN2O. The molecule has 80 valence electrons. The van der Waals surface area contributed by atoms with Crippen molar-refractivity contribution in [1.82, 2.24) is 9.97 Å². The van der Waals surface area contributed by atoms with Crippen molar-refractivity contribution in [2.24, 2.45) is 0 Å². The van der Waals surface area contributed by atoms with E-state index in [1.807, 2.05) is 0 Å². The third-order valence-electron chi connectivity index (χ3n) is 2.18.